The van der Waals surface area contributed by atoms with Gasteiger partial charge in [0.2, 0.25) is 0 Å². The quantitative estimate of drug-likeness (QED) is 0.196. The van der Waals surface area contributed by atoms with E-state index in [4.69, 9.17) is 0 Å². The van der Waals surface area contributed by atoms with Gasteiger partial charge in [-0.05, 0) is 62.0 Å². The Bertz CT molecular complexity index is 1750. The van der Waals surface area contributed by atoms with Crippen LogP contribution in [0.5, 0.6) is 11.5 Å². The Morgan fingerprint density at radius 1 is 0.344 bits per heavy atom. The monoisotopic (exact) mass is 412 g/mol. The minimum atomic E-state index is 0.346. The highest BCUT2D eigenvalue weighted by molar-refractivity contribution is 6.24. The molecular formula is C30H20O2. The zero-order valence-corrected chi connectivity index (χ0v) is 17.3. The van der Waals surface area contributed by atoms with Crippen molar-refractivity contribution >= 4 is 53.9 Å². The molecule has 0 aliphatic heterocycles. The standard InChI is InChI=1S/C16H10O.C14H10O/c17-14-9-12-5-1-3-10-7-8-11-4-2-6-13(14)16(11)15(10)12;15-14-7-3-6-12-8-10-4-1-2-5-11(10)9-13(12)14/h1-9,17H;1-9,15H. The minimum Gasteiger partial charge on any atom is -0.507 e. The second kappa shape index (κ2) is 7.14. The largest absolute Gasteiger partial charge is 0.507 e. The number of fused-ring (bicyclic) bond motifs is 2. The van der Waals surface area contributed by atoms with Gasteiger partial charge in [-0.15, -0.1) is 0 Å². The van der Waals surface area contributed by atoms with E-state index in [1.807, 2.05) is 60.7 Å². The summed E-state index contributed by atoms with van der Waals surface area (Å²) in [7, 11) is 0. The third-order valence-corrected chi connectivity index (χ3v) is 6.21. The molecule has 0 bridgehead atoms. The highest BCUT2D eigenvalue weighted by atomic mass is 16.3. The van der Waals surface area contributed by atoms with Gasteiger partial charge in [-0.1, -0.05) is 84.9 Å². The van der Waals surface area contributed by atoms with E-state index in [-0.39, 0.29) is 0 Å². The van der Waals surface area contributed by atoms with Gasteiger partial charge in [0.05, 0.1) is 0 Å². The van der Waals surface area contributed by atoms with Crippen LogP contribution < -0.4 is 0 Å². The maximum Gasteiger partial charge on any atom is 0.124 e. The first-order chi connectivity index (χ1) is 15.7. The average molecular weight is 412 g/mol. The Morgan fingerprint density at radius 3 is 1.75 bits per heavy atom. The Morgan fingerprint density at radius 2 is 0.938 bits per heavy atom. The van der Waals surface area contributed by atoms with E-state index in [0.717, 1.165) is 26.9 Å². The van der Waals surface area contributed by atoms with Gasteiger partial charge in [0.15, 0.2) is 0 Å². The topological polar surface area (TPSA) is 40.5 Å². The first-order valence-electron chi connectivity index (χ1n) is 10.6. The summed E-state index contributed by atoms with van der Waals surface area (Å²) in [5, 5.41) is 31.0. The third kappa shape index (κ3) is 2.89. The van der Waals surface area contributed by atoms with E-state index >= 15 is 0 Å². The lowest BCUT2D eigenvalue weighted by atomic mass is 9.94. The molecule has 2 heteroatoms. The summed E-state index contributed by atoms with van der Waals surface area (Å²) in [6.07, 6.45) is 0. The van der Waals surface area contributed by atoms with Crippen molar-refractivity contribution in [3.63, 3.8) is 0 Å². The van der Waals surface area contributed by atoms with Crippen LogP contribution in [0.2, 0.25) is 0 Å². The molecule has 0 aliphatic carbocycles. The van der Waals surface area contributed by atoms with Crippen molar-refractivity contribution in [1.82, 2.24) is 0 Å². The lowest BCUT2D eigenvalue weighted by Gasteiger charge is -2.11. The summed E-state index contributed by atoms with van der Waals surface area (Å²) in [5.74, 6) is 0.708. The molecule has 7 rings (SSSR count). The van der Waals surface area contributed by atoms with Gasteiger partial charge < -0.3 is 10.2 Å². The van der Waals surface area contributed by atoms with Crippen LogP contribution in [-0.4, -0.2) is 10.2 Å². The molecule has 0 radical (unpaired) electrons. The maximum absolute atomic E-state index is 10.1. The summed E-state index contributed by atoms with van der Waals surface area (Å²) in [5.41, 5.74) is 0. The molecule has 0 saturated carbocycles. The molecule has 0 aliphatic rings. The zero-order valence-electron chi connectivity index (χ0n) is 17.3. The molecule has 0 saturated heterocycles. The molecule has 0 fully saturated rings. The van der Waals surface area contributed by atoms with Gasteiger partial charge in [0.25, 0.3) is 0 Å². The fraction of sp³-hybridized carbons (Fsp3) is 0. The summed E-state index contributed by atoms with van der Waals surface area (Å²) in [6.45, 7) is 0. The predicted molar refractivity (Wildman–Crippen MR) is 135 cm³/mol. The number of phenolic OH excluding ortho intramolecular Hbond substituents is 2. The van der Waals surface area contributed by atoms with Crippen molar-refractivity contribution in [3.8, 4) is 11.5 Å². The molecule has 0 heterocycles. The Hall–Kier alpha value is -4.30. The second-order valence-electron chi connectivity index (χ2n) is 8.14. The third-order valence-electron chi connectivity index (χ3n) is 6.21. The number of aromatic hydroxyl groups is 2. The van der Waals surface area contributed by atoms with Crippen LogP contribution in [0.25, 0.3) is 53.9 Å². The molecule has 7 aromatic carbocycles. The molecule has 0 amide bonds. The van der Waals surface area contributed by atoms with E-state index < -0.39 is 0 Å². The lowest BCUT2D eigenvalue weighted by Crippen LogP contribution is -1.83. The van der Waals surface area contributed by atoms with Crippen molar-refractivity contribution in [2.45, 2.75) is 0 Å². The number of phenols is 2. The van der Waals surface area contributed by atoms with Gasteiger partial charge in [-0.2, -0.15) is 0 Å². The normalized spacial score (nSPS) is 11.4. The van der Waals surface area contributed by atoms with Crippen molar-refractivity contribution in [2.75, 3.05) is 0 Å². The van der Waals surface area contributed by atoms with Crippen LogP contribution >= 0.6 is 0 Å². The lowest BCUT2D eigenvalue weighted by molar-refractivity contribution is 0.481. The molecule has 0 aromatic heterocycles. The average Bonchev–Trinajstić information content (AvgIpc) is 2.83. The zero-order chi connectivity index (χ0) is 21.7. The first-order valence-corrected chi connectivity index (χ1v) is 10.6. The molecule has 2 N–H and O–H groups in total. The van der Waals surface area contributed by atoms with Crippen LogP contribution in [0.4, 0.5) is 0 Å². The number of hydrogen-bond acceptors (Lipinski definition) is 2. The van der Waals surface area contributed by atoms with Crippen LogP contribution in [-0.2, 0) is 0 Å². The van der Waals surface area contributed by atoms with E-state index in [2.05, 4.69) is 42.5 Å². The SMILES string of the molecule is Oc1cc2cccc3ccc4cccc1c4c32.Oc1cccc2cc3ccccc3cc12. The fourth-order valence-electron chi connectivity index (χ4n) is 4.69. The predicted octanol–water partition coefficient (Wildman–Crippen LogP) is 7.99. The van der Waals surface area contributed by atoms with E-state index in [1.165, 1.54) is 26.9 Å². The summed E-state index contributed by atoms with van der Waals surface area (Å²) < 4.78 is 0. The van der Waals surface area contributed by atoms with Gasteiger partial charge in [-0.3, -0.25) is 0 Å². The van der Waals surface area contributed by atoms with Crippen LogP contribution in [0, 0.1) is 0 Å². The molecular weight excluding hydrogens is 392 g/mol. The summed E-state index contributed by atoms with van der Waals surface area (Å²) in [6, 6.07) is 36.3. The summed E-state index contributed by atoms with van der Waals surface area (Å²) >= 11 is 0. The number of benzene rings is 7. The van der Waals surface area contributed by atoms with Crippen LogP contribution in [0.15, 0.2) is 109 Å². The minimum absolute atomic E-state index is 0.346. The Labute approximate surface area is 184 Å². The Balaban J connectivity index is 0.000000123. The van der Waals surface area contributed by atoms with Crippen molar-refractivity contribution in [2.24, 2.45) is 0 Å². The van der Waals surface area contributed by atoms with Crippen molar-refractivity contribution < 1.29 is 10.2 Å². The van der Waals surface area contributed by atoms with Crippen molar-refractivity contribution in [1.29, 1.82) is 0 Å². The smallest absolute Gasteiger partial charge is 0.124 e. The van der Waals surface area contributed by atoms with E-state index in [1.54, 1.807) is 6.07 Å². The summed E-state index contributed by atoms with van der Waals surface area (Å²) in [4.78, 5) is 0. The molecule has 0 unspecified atom stereocenters. The molecule has 32 heavy (non-hydrogen) atoms. The molecule has 0 spiro atoms. The van der Waals surface area contributed by atoms with Gasteiger partial charge in [0, 0.05) is 16.2 Å². The van der Waals surface area contributed by atoms with Crippen LogP contribution in [0.3, 0.4) is 0 Å². The molecule has 2 nitrogen and oxygen atoms in total. The van der Waals surface area contributed by atoms with Gasteiger partial charge in [-0.25, -0.2) is 0 Å². The number of hydrogen-bond donors (Lipinski definition) is 2. The Kier molecular flexibility index (Phi) is 4.12. The molecule has 152 valence electrons. The first kappa shape index (κ1) is 18.5. The highest BCUT2D eigenvalue weighted by Gasteiger charge is 2.10. The second-order valence-corrected chi connectivity index (χ2v) is 8.14. The maximum atomic E-state index is 10.1. The van der Waals surface area contributed by atoms with E-state index in [0.29, 0.717) is 11.5 Å². The highest BCUT2D eigenvalue weighted by Crippen LogP contribution is 2.38. The van der Waals surface area contributed by atoms with Crippen LogP contribution in [0.1, 0.15) is 0 Å². The van der Waals surface area contributed by atoms with Gasteiger partial charge in [0.1, 0.15) is 11.5 Å². The fourth-order valence-corrected chi connectivity index (χ4v) is 4.69. The molecule has 0 atom stereocenters. The van der Waals surface area contributed by atoms with E-state index in [9.17, 15) is 10.2 Å². The molecule has 7 aromatic rings. The van der Waals surface area contributed by atoms with Crippen molar-refractivity contribution in [3.05, 3.63) is 109 Å². The number of rotatable bonds is 0. The van der Waals surface area contributed by atoms with Gasteiger partial charge >= 0.3 is 0 Å².